The summed E-state index contributed by atoms with van der Waals surface area (Å²) in [5, 5.41) is 11.2. The van der Waals surface area contributed by atoms with Crippen molar-refractivity contribution in [2.75, 3.05) is 32.7 Å². The molecular weight excluding hydrogens is 571 g/mol. The number of aliphatic hydroxyl groups excluding tert-OH is 1. The van der Waals surface area contributed by atoms with Crippen molar-refractivity contribution in [2.45, 2.75) is 63.6 Å². The van der Waals surface area contributed by atoms with Crippen LogP contribution in [-0.4, -0.2) is 57.4 Å². The molecule has 6 rings (SSSR count). The van der Waals surface area contributed by atoms with E-state index < -0.39 is 15.7 Å². The monoisotopic (exact) mass is 610 g/mol. The molecule has 0 bridgehead atoms. The summed E-state index contributed by atoms with van der Waals surface area (Å²) in [6.45, 7) is 6.14. The van der Waals surface area contributed by atoms with Gasteiger partial charge in [0.05, 0.1) is 32.7 Å². The van der Waals surface area contributed by atoms with Gasteiger partial charge in [0.15, 0.2) is 0 Å². The fraction of sp³-hybridized carbons (Fsp3) is 0.613. The normalized spacial score (nSPS) is 36.0. The molecule has 0 radical (unpaired) electrons. The zero-order valence-corrected chi connectivity index (χ0v) is 25.8. The first kappa shape index (κ1) is 30.3. The molecule has 9 heteroatoms. The van der Waals surface area contributed by atoms with Gasteiger partial charge < -0.3 is 14.6 Å². The molecular formula is C31H40Cl2O6S. The van der Waals surface area contributed by atoms with Gasteiger partial charge in [-0.3, -0.25) is 4.18 Å². The molecule has 2 aliphatic carbocycles. The summed E-state index contributed by atoms with van der Waals surface area (Å²) in [7, 11) is -3.47. The van der Waals surface area contributed by atoms with E-state index in [0.717, 1.165) is 61.4 Å². The SMILES string of the molecule is C[C@@]12CC[C@H](Cc3ccc(Cl)cc3)[C@]1(CO)OC2.C[C@@]12CC[C@H](Cc3ccc(Cl)cc3)[C@]1(COS(C)(=O)=O)OC2. The standard InChI is InChI=1S/C16H21ClO4S.C15H19ClO2/c1-15-8-7-13(9-12-3-5-14(17)6-4-12)16(15,20-10-15)11-21-22(2,18)19;1-14-7-6-12(15(14,9-17)18-10-14)8-11-2-4-13(16)5-3-11/h3-6,13H,7-11H2,1-2H3;2-5,12,17H,6-10H2,1H3/t13-,15+,16+;12-,14+,15+/m11/s1. The lowest BCUT2D eigenvalue weighted by Gasteiger charge is -2.55. The smallest absolute Gasteiger partial charge is 0.264 e. The van der Waals surface area contributed by atoms with Crippen molar-refractivity contribution in [3.8, 4) is 0 Å². The lowest BCUT2D eigenvalue weighted by molar-refractivity contribution is -0.275. The Hall–Kier alpha value is -1.19. The van der Waals surface area contributed by atoms with Crippen molar-refractivity contribution in [1.82, 2.24) is 0 Å². The second-order valence-electron chi connectivity index (χ2n) is 12.7. The van der Waals surface area contributed by atoms with E-state index in [1.54, 1.807) is 0 Å². The maximum Gasteiger partial charge on any atom is 0.264 e. The molecule has 6 nitrogen and oxygen atoms in total. The molecule has 2 aliphatic heterocycles. The Labute approximate surface area is 248 Å². The molecule has 2 saturated heterocycles. The largest absolute Gasteiger partial charge is 0.393 e. The molecule has 40 heavy (non-hydrogen) atoms. The van der Waals surface area contributed by atoms with E-state index in [-0.39, 0.29) is 35.6 Å². The third-order valence-corrected chi connectivity index (χ3v) is 11.3. The summed E-state index contributed by atoms with van der Waals surface area (Å²) in [6.07, 6.45) is 7.26. The minimum atomic E-state index is -3.47. The lowest BCUT2D eigenvalue weighted by Crippen LogP contribution is -2.64. The Morgan fingerprint density at radius 2 is 1.25 bits per heavy atom. The van der Waals surface area contributed by atoms with Crippen molar-refractivity contribution in [3.63, 3.8) is 0 Å². The number of ether oxygens (including phenoxy) is 2. The first-order valence-electron chi connectivity index (χ1n) is 14.1. The Bertz CT molecular complexity index is 1300. The Morgan fingerprint density at radius 1 is 0.825 bits per heavy atom. The van der Waals surface area contributed by atoms with E-state index in [1.807, 2.05) is 36.4 Å². The van der Waals surface area contributed by atoms with Gasteiger partial charge in [-0.2, -0.15) is 8.42 Å². The molecule has 1 N–H and O–H groups in total. The molecule has 0 spiro atoms. The molecule has 6 atom stereocenters. The highest BCUT2D eigenvalue weighted by atomic mass is 35.5. The van der Waals surface area contributed by atoms with Gasteiger partial charge >= 0.3 is 0 Å². The van der Waals surface area contributed by atoms with Crippen molar-refractivity contribution in [1.29, 1.82) is 0 Å². The van der Waals surface area contributed by atoms with Gasteiger partial charge in [-0.15, -0.1) is 0 Å². The maximum atomic E-state index is 11.4. The predicted octanol–water partition coefficient (Wildman–Crippen LogP) is 6.10. The van der Waals surface area contributed by atoms with Crippen LogP contribution in [0, 0.1) is 22.7 Å². The lowest BCUT2D eigenvalue weighted by atomic mass is 9.68. The number of aliphatic hydroxyl groups is 1. The summed E-state index contributed by atoms with van der Waals surface area (Å²) in [6, 6.07) is 15.8. The Morgan fingerprint density at radius 3 is 1.62 bits per heavy atom. The van der Waals surface area contributed by atoms with Gasteiger partial charge in [0.1, 0.15) is 11.2 Å². The quantitative estimate of drug-likeness (QED) is 0.363. The van der Waals surface area contributed by atoms with Gasteiger partial charge in [-0.25, -0.2) is 0 Å². The number of halogens is 2. The maximum absolute atomic E-state index is 11.4. The van der Waals surface area contributed by atoms with Crippen LogP contribution in [0.1, 0.15) is 50.7 Å². The molecule has 0 aromatic heterocycles. The molecule has 220 valence electrons. The van der Waals surface area contributed by atoms with E-state index in [1.165, 1.54) is 11.1 Å². The first-order valence-corrected chi connectivity index (χ1v) is 16.6. The molecule has 4 aliphatic rings. The topological polar surface area (TPSA) is 82.1 Å². The molecule has 2 aromatic rings. The fourth-order valence-corrected chi connectivity index (χ4v) is 8.13. The predicted molar refractivity (Wildman–Crippen MR) is 157 cm³/mol. The van der Waals surface area contributed by atoms with Gasteiger partial charge in [-0.05, 0) is 85.8 Å². The highest BCUT2D eigenvalue weighted by Gasteiger charge is 2.66. The Kier molecular flexibility index (Phi) is 8.43. The molecule has 0 unspecified atom stereocenters. The van der Waals surface area contributed by atoms with Crippen LogP contribution in [0.3, 0.4) is 0 Å². The summed E-state index contributed by atoms with van der Waals surface area (Å²) < 4.78 is 39.6. The van der Waals surface area contributed by atoms with Gasteiger partial charge in [-0.1, -0.05) is 61.3 Å². The van der Waals surface area contributed by atoms with Gasteiger partial charge in [0.2, 0.25) is 0 Å². The molecule has 2 aromatic carbocycles. The third kappa shape index (κ3) is 5.48. The number of hydrogen-bond donors (Lipinski definition) is 1. The summed E-state index contributed by atoms with van der Waals surface area (Å²) in [5.41, 5.74) is 1.86. The number of benzene rings is 2. The minimum absolute atomic E-state index is 0.00871. The van der Waals surface area contributed by atoms with Crippen LogP contribution >= 0.6 is 23.2 Å². The molecule has 0 amide bonds. The number of fused-ring (bicyclic) bond motifs is 2. The van der Waals surface area contributed by atoms with E-state index >= 15 is 0 Å². The van der Waals surface area contributed by atoms with Crippen LogP contribution in [0.4, 0.5) is 0 Å². The van der Waals surface area contributed by atoms with E-state index in [9.17, 15) is 13.5 Å². The number of hydrogen-bond acceptors (Lipinski definition) is 6. The molecule has 2 heterocycles. The first-order chi connectivity index (χ1) is 18.8. The van der Waals surface area contributed by atoms with Crippen molar-refractivity contribution < 1.29 is 27.2 Å². The van der Waals surface area contributed by atoms with Crippen LogP contribution in [0.15, 0.2) is 48.5 Å². The van der Waals surface area contributed by atoms with E-state index in [2.05, 4.69) is 26.0 Å². The van der Waals surface area contributed by atoms with Crippen LogP contribution in [0.2, 0.25) is 10.0 Å². The van der Waals surface area contributed by atoms with Crippen molar-refractivity contribution in [2.24, 2.45) is 22.7 Å². The minimum Gasteiger partial charge on any atom is -0.393 e. The highest BCUT2D eigenvalue weighted by Crippen LogP contribution is 2.61. The number of rotatable bonds is 8. The van der Waals surface area contributed by atoms with Crippen LogP contribution in [0.5, 0.6) is 0 Å². The molecule has 2 saturated carbocycles. The summed E-state index contributed by atoms with van der Waals surface area (Å²) in [5.74, 6) is 0.677. The Balaban J connectivity index is 0.000000164. The van der Waals surface area contributed by atoms with Crippen LogP contribution in [-0.2, 0) is 36.6 Å². The van der Waals surface area contributed by atoms with Crippen molar-refractivity contribution in [3.05, 3.63) is 69.7 Å². The fourth-order valence-electron chi connectivity index (χ4n) is 7.49. The second kappa shape index (κ2) is 11.1. The average Bonchev–Trinajstić information content (AvgIpc) is 3.20. The zero-order chi connectivity index (χ0) is 28.8. The average molecular weight is 612 g/mol. The highest BCUT2D eigenvalue weighted by molar-refractivity contribution is 7.85. The van der Waals surface area contributed by atoms with E-state index in [0.29, 0.717) is 12.5 Å². The van der Waals surface area contributed by atoms with E-state index in [4.69, 9.17) is 36.9 Å². The van der Waals surface area contributed by atoms with Crippen LogP contribution in [0.25, 0.3) is 0 Å². The zero-order valence-electron chi connectivity index (χ0n) is 23.5. The molecule has 4 fully saturated rings. The summed E-state index contributed by atoms with van der Waals surface area (Å²) >= 11 is 11.8. The summed E-state index contributed by atoms with van der Waals surface area (Å²) in [4.78, 5) is 0. The second-order valence-corrected chi connectivity index (χ2v) is 15.3. The van der Waals surface area contributed by atoms with Gasteiger partial charge in [0.25, 0.3) is 10.1 Å². The van der Waals surface area contributed by atoms with Gasteiger partial charge in [0, 0.05) is 20.9 Å². The van der Waals surface area contributed by atoms with Crippen molar-refractivity contribution >= 4 is 33.3 Å². The van der Waals surface area contributed by atoms with Crippen LogP contribution < -0.4 is 0 Å². The third-order valence-electron chi connectivity index (χ3n) is 10.3.